The lowest BCUT2D eigenvalue weighted by Gasteiger charge is -2.09. The van der Waals surface area contributed by atoms with Crippen LogP contribution in [0.5, 0.6) is 6.01 Å². The number of fused-ring (bicyclic) bond motifs is 1. The summed E-state index contributed by atoms with van der Waals surface area (Å²) in [5, 5.41) is 1.01. The molecule has 2 aromatic heterocycles. The van der Waals surface area contributed by atoms with E-state index in [1.165, 1.54) is 0 Å². The maximum atomic E-state index is 5.01. The Labute approximate surface area is 86.5 Å². The van der Waals surface area contributed by atoms with Crippen LogP contribution in [0.15, 0.2) is 36.7 Å². The minimum atomic E-state index is 0.395. The Morgan fingerprint density at radius 1 is 1.40 bits per heavy atom. The van der Waals surface area contributed by atoms with E-state index in [-0.39, 0.29) is 0 Å². The summed E-state index contributed by atoms with van der Waals surface area (Å²) < 4.78 is 7.02. The predicted octanol–water partition coefficient (Wildman–Crippen LogP) is 1.85. The summed E-state index contributed by atoms with van der Waals surface area (Å²) >= 11 is 0. The smallest absolute Gasteiger partial charge is 0.318 e. The minimum Gasteiger partial charge on any atom is -0.467 e. The fourth-order valence-electron chi connectivity index (χ4n) is 1.55. The molecule has 1 aliphatic carbocycles. The van der Waals surface area contributed by atoms with Crippen LogP contribution in [-0.2, 0) is 0 Å². The average molecular weight is 199 g/mol. The lowest BCUT2D eigenvalue weighted by Crippen LogP contribution is -1.99. The van der Waals surface area contributed by atoms with Gasteiger partial charge >= 0.3 is 6.01 Å². The Hall–Kier alpha value is -2.10. The molecule has 2 heterocycles. The van der Waals surface area contributed by atoms with Gasteiger partial charge in [-0.25, -0.2) is 4.98 Å². The van der Waals surface area contributed by atoms with Crippen molar-refractivity contribution in [2.24, 2.45) is 0 Å². The molecule has 2 aromatic rings. The molecular weight excluding hydrogens is 190 g/mol. The molecule has 0 amide bonds. The van der Waals surface area contributed by atoms with Crippen LogP contribution >= 0.6 is 0 Å². The molecule has 0 unspecified atom stereocenters. The van der Waals surface area contributed by atoms with Gasteiger partial charge in [-0.3, -0.25) is 0 Å². The fourth-order valence-corrected chi connectivity index (χ4v) is 1.55. The second kappa shape index (κ2) is 2.95. The van der Waals surface area contributed by atoms with Gasteiger partial charge in [0.15, 0.2) is 5.65 Å². The second-order valence-corrected chi connectivity index (χ2v) is 3.27. The maximum Gasteiger partial charge on any atom is 0.318 e. The molecule has 0 bridgehead atoms. The van der Waals surface area contributed by atoms with Gasteiger partial charge in [-0.2, -0.15) is 4.98 Å². The van der Waals surface area contributed by atoms with Crippen molar-refractivity contribution in [2.45, 2.75) is 0 Å². The highest BCUT2D eigenvalue weighted by Crippen LogP contribution is 2.22. The maximum absolute atomic E-state index is 5.01. The van der Waals surface area contributed by atoms with Crippen molar-refractivity contribution in [1.82, 2.24) is 14.5 Å². The third-order valence-electron chi connectivity index (χ3n) is 2.40. The van der Waals surface area contributed by atoms with E-state index in [0.717, 1.165) is 16.7 Å². The van der Waals surface area contributed by atoms with Crippen molar-refractivity contribution in [2.75, 3.05) is 7.11 Å². The van der Waals surface area contributed by atoms with Crippen LogP contribution in [-0.4, -0.2) is 21.6 Å². The molecule has 0 fully saturated rings. The molecule has 0 radical (unpaired) electrons. The van der Waals surface area contributed by atoms with E-state index in [4.69, 9.17) is 4.74 Å². The van der Waals surface area contributed by atoms with Gasteiger partial charge in [-0.15, -0.1) is 0 Å². The van der Waals surface area contributed by atoms with Crippen molar-refractivity contribution in [3.05, 3.63) is 36.7 Å². The van der Waals surface area contributed by atoms with Crippen LogP contribution in [0.3, 0.4) is 0 Å². The van der Waals surface area contributed by atoms with E-state index in [9.17, 15) is 0 Å². The molecule has 0 spiro atoms. The molecule has 4 heteroatoms. The van der Waals surface area contributed by atoms with Crippen molar-refractivity contribution < 1.29 is 4.74 Å². The van der Waals surface area contributed by atoms with E-state index in [0.29, 0.717) is 6.01 Å². The molecule has 0 saturated carbocycles. The summed E-state index contributed by atoms with van der Waals surface area (Å²) in [5.41, 5.74) is 2.00. The Bertz CT molecular complexity index is 581. The zero-order valence-electron chi connectivity index (χ0n) is 8.21. The first kappa shape index (κ1) is 8.23. The van der Waals surface area contributed by atoms with Gasteiger partial charge in [0.25, 0.3) is 0 Å². The number of allylic oxidation sites excluding steroid dienone is 4. The average Bonchev–Trinajstić information content (AvgIpc) is 2.59. The minimum absolute atomic E-state index is 0.395. The zero-order valence-corrected chi connectivity index (χ0v) is 8.21. The summed E-state index contributed by atoms with van der Waals surface area (Å²) in [6, 6.07) is 2.38. The van der Waals surface area contributed by atoms with E-state index in [1.54, 1.807) is 13.3 Å². The van der Waals surface area contributed by atoms with Gasteiger partial charge in [-0.05, 0) is 18.2 Å². The highest BCUT2D eigenvalue weighted by Gasteiger charge is 2.08. The van der Waals surface area contributed by atoms with Crippen LogP contribution in [0, 0.1) is 0 Å². The number of nitrogens with zero attached hydrogens (tertiary/aromatic N) is 3. The summed E-state index contributed by atoms with van der Waals surface area (Å²) in [7, 11) is 1.57. The summed E-state index contributed by atoms with van der Waals surface area (Å²) in [6.45, 7) is 0. The quantitative estimate of drug-likeness (QED) is 0.741. The largest absolute Gasteiger partial charge is 0.467 e. The first-order chi connectivity index (χ1) is 7.38. The third-order valence-corrected chi connectivity index (χ3v) is 2.40. The van der Waals surface area contributed by atoms with Gasteiger partial charge in [0, 0.05) is 23.5 Å². The highest BCUT2D eigenvalue weighted by atomic mass is 16.5. The molecule has 0 aliphatic heterocycles. The van der Waals surface area contributed by atoms with Crippen LogP contribution in [0.1, 0.15) is 0 Å². The molecule has 0 atom stereocenters. The summed E-state index contributed by atoms with van der Waals surface area (Å²) in [4.78, 5) is 8.37. The molecule has 0 aromatic carbocycles. The lowest BCUT2D eigenvalue weighted by molar-refractivity contribution is 0.381. The van der Waals surface area contributed by atoms with Crippen LogP contribution in [0.2, 0.25) is 0 Å². The van der Waals surface area contributed by atoms with Gasteiger partial charge in [0.05, 0.1) is 7.11 Å². The number of methoxy groups -OCH3 is 1. The first-order valence-corrected chi connectivity index (χ1v) is 4.65. The van der Waals surface area contributed by atoms with Crippen LogP contribution in [0.25, 0.3) is 16.7 Å². The highest BCUT2D eigenvalue weighted by molar-refractivity contribution is 5.82. The molecular formula is C11H9N3O. The van der Waals surface area contributed by atoms with Gasteiger partial charge < -0.3 is 9.30 Å². The third kappa shape index (κ3) is 1.15. The number of rotatable bonds is 2. The number of ether oxygens (including phenoxy) is 1. The number of hydrogen-bond donors (Lipinski definition) is 0. The van der Waals surface area contributed by atoms with Crippen molar-refractivity contribution in [3.63, 3.8) is 0 Å². The van der Waals surface area contributed by atoms with Crippen molar-refractivity contribution in [3.8, 4) is 6.01 Å². The molecule has 15 heavy (non-hydrogen) atoms. The van der Waals surface area contributed by atoms with E-state index >= 15 is 0 Å². The molecule has 4 nitrogen and oxygen atoms in total. The van der Waals surface area contributed by atoms with E-state index in [1.807, 2.05) is 35.1 Å². The van der Waals surface area contributed by atoms with Crippen molar-refractivity contribution in [1.29, 1.82) is 0 Å². The Morgan fingerprint density at radius 2 is 2.27 bits per heavy atom. The van der Waals surface area contributed by atoms with Crippen LogP contribution < -0.4 is 4.74 Å². The van der Waals surface area contributed by atoms with Gasteiger partial charge in [0.2, 0.25) is 0 Å². The standard InChI is InChI=1S/C11H9N3O/c1-15-11-12-7-8-5-6-14(10(8)13-11)9-3-2-4-9/h2-7H,1H3. The second-order valence-electron chi connectivity index (χ2n) is 3.27. The molecule has 0 saturated heterocycles. The Balaban J connectivity index is 2.22. The molecule has 0 N–H and O–H groups in total. The van der Waals surface area contributed by atoms with Gasteiger partial charge in [0.1, 0.15) is 0 Å². The molecule has 74 valence electrons. The predicted molar refractivity (Wildman–Crippen MR) is 57.5 cm³/mol. The monoisotopic (exact) mass is 199 g/mol. The molecule has 3 rings (SSSR count). The normalized spacial score (nSPS) is 13.8. The fraction of sp³-hybridized carbons (Fsp3) is 0.0909. The number of aromatic nitrogens is 3. The Morgan fingerprint density at radius 3 is 2.93 bits per heavy atom. The van der Waals surface area contributed by atoms with Gasteiger partial charge in [-0.1, -0.05) is 6.08 Å². The van der Waals surface area contributed by atoms with E-state index in [2.05, 4.69) is 9.97 Å². The Kier molecular flexibility index (Phi) is 1.62. The first-order valence-electron chi connectivity index (χ1n) is 4.65. The zero-order chi connectivity index (χ0) is 10.3. The molecule has 1 aliphatic rings. The van der Waals surface area contributed by atoms with Crippen LogP contribution in [0.4, 0.5) is 0 Å². The summed E-state index contributed by atoms with van der Waals surface area (Å²) in [6.07, 6.45) is 9.82. The SMILES string of the molecule is COc1ncc2ccn(C3=CC=C3)c2n1. The summed E-state index contributed by atoms with van der Waals surface area (Å²) in [5.74, 6) is 0. The van der Waals surface area contributed by atoms with E-state index < -0.39 is 0 Å². The topological polar surface area (TPSA) is 39.9 Å². The lowest BCUT2D eigenvalue weighted by atomic mass is 10.2. The number of hydrogen-bond acceptors (Lipinski definition) is 3. The van der Waals surface area contributed by atoms with Crippen molar-refractivity contribution >= 4 is 16.7 Å².